The molecule has 110 valence electrons. The molecule has 20 heavy (non-hydrogen) atoms. The van der Waals surface area contributed by atoms with E-state index >= 15 is 0 Å². The maximum Gasteiger partial charge on any atom is 0.335 e. The Balaban J connectivity index is 2.34. The van der Waals surface area contributed by atoms with Crippen LogP contribution in [0.3, 0.4) is 0 Å². The normalized spacial score (nSPS) is 14.6. The van der Waals surface area contributed by atoms with Crippen LogP contribution in [0.15, 0.2) is 12.1 Å². The summed E-state index contributed by atoms with van der Waals surface area (Å²) in [5.74, 6) is 0.0581. The molecular formula is C15H22N2O3. The Morgan fingerprint density at radius 1 is 1.50 bits per heavy atom. The van der Waals surface area contributed by atoms with Gasteiger partial charge < -0.3 is 14.7 Å². The number of hydrogen-bond acceptors (Lipinski definition) is 4. The third-order valence-corrected chi connectivity index (χ3v) is 3.49. The van der Waals surface area contributed by atoms with Gasteiger partial charge in [-0.1, -0.05) is 13.8 Å². The van der Waals surface area contributed by atoms with Gasteiger partial charge in [-0.25, -0.2) is 9.78 Å². The van der Waals surface area contributed by atoms with Crippen molar-refractivity contribution >= 4 is 11.8 Å². The van der Waals surface area contributed by atoms with Crippen molar-refractivity contribution < 1.29 is 14.6 Å². The van der Waals surface area contributed by atoms with Crippen LogP contribution in [0.25, 0.3) is 0 Å². The largest absolute Gasteiger partial charge is 0.478 e. The first-order chi connectivity index (χ1) is 9.52. The van der Waals surface area contributed by atoms with Crippen molar-refractivity contribution in [1.82, 2.24) is 4.98 Å². The molecule has 1 aromatic heterocycles. The van der Waals surface area contributed by atoms with E-state index in [9.17, 15) is 9.90 Å². The van der Waals surface area contributed by atoms with Crippen molar-refractivity contribution in [3.8, 4) is 0 Å². The van der Waals surface area contributed by atoms with Gasteiger partial charge in [0.15, 0.2) is 0 Å². The van der Waals surface area contributed by atoms with E-state index in [1.54, 1.807) is 19.2 Å². The van der Waals surface area contributed by atoms with E-state index in [4.69, 9.17) is 4.74 Å². The van der Waals surface area contributed by atoms with Crippen molar-refractivity contribution in [2.75, 3.05) is 25.2 Å². The summed E-state index contributed by atoms with van der Waals surface area (Å²) in [6.45, 7) is 5.41. The highest BCUT2D eigenvalue weighted by Crippen LogP contribution is 2.31. The fourth-order valence-corrected chi connectivity index (χ4v) is 2.16. The highest BCUT2D eigenvalue weighted by molar-refractivity contribution is 5.88. The monoisotopic (exact) mass is 278 g/mol. The number of hydrogen-bond donors (Lipinski definition) is 1. The Morgan fingerprint density at radius 3 is 2.70 bits per heavy atom. The molecule has 0 atom stereocenters. The molecule has 0 saturated heterocycles. The van der Waals surface area contributed by atoms with E-state index in [-0.39, 0.29) is 5.92 Å². The van der Waals surface area contributed by atoms with Crippen LogP contribution in [0.5, 0.6) is 0 Å². The molecule has 1 heterocycles. The Kier molecular flexibility index (Phi) is 4.60. The van der Waals surface area contributed by atoms with Crippen LogP contribution in [0.1, 0.15) is 48.7 Å². The third-order valence-electron chi connectivity index (χ3n) is 3.49. The minimum absolute atomic E-state index is 0.205. The molecule has 1 aromatic rings. The predicted octanol–water partition coefficient (Wildman–Crippen LogP) is 2.52. The topological polar surface area (TPSA) is 62.7 Å². The second-order valence-electron chi connectivity index (χ2n) is 5.52. The Bertz CT molecular complexity index is 484. The lowest BCUT2D eigenvalue weighted by molar-refractivity contribution is 0.0696. The number of pyridine rings is 1. The quantitative estimate of drug-likeness (QED) is 0.830. The predicted molar refractivity (Wildman–Crippen MR) is 77.5 cm³/mol. The molecule has 1 N–H and O–H groups in total. The first-order valence-electron chi connectivity index (χ1n) is 7.03. The molecule has 1 aliphatic rings. The molecular weight excluding hydrogens is 256 g/mol. The van der Waals surface area contributed by atoms with Crippen molar-refractivity contribution in [3.05, 3.63) is 23.4 Å². The number of anilines is 1. The standard InChI is InChI=1S/C15H22N2O3/c1-10(2)13-8-11(15(18)19)9-14(16-13)17(6-7-20-3)12-4-5-12/h8-10,12H,4-7H2,1-3H3,(H,18,19). The van der Waals surface area contributed by atoms with E-state index in [0.29, 0.717) is 18.2 Å². The van der Waals surface area contributed by atoms with Gasteiger partial charge >= 0.3 is 5.97 Å². The maximum atomic E-state index is 11.3. The first-order valence-corrected chi connectivity index (χ1v) is 7.03. The lowest BCUT2D eigenvalue weighted by Gasteiger charge is -2.24. The molecule has 0 amide bonds. The van der Waals surface area contributed by atoms with E-state index in [2.05, 4.69) is 9.88 Å². The van der Waals surface area contributed by atoms with E-state index in [1.807, 2.05) is 13.8 Å². The van der Waals surface area contributed by atoms with Crippen molar-refractivity contribution in [3.63, 3.8) is 0 Å². The Hall–Kier alpha value is -1.62. The van der Waals surface area contributed by atoms with Gasteiger partial charge in [0, 0.05) is 25.4 Å². The Morgan fingerprint density at radius 2 is 2.20 bits per heavy atom. The lowest BCUT2D eigenvalue weighted by atomic mass is 10.1. The number of aromatic carboxylic acids is 1. The number of methoxy groups -OCH3 is 1. The van der Waals surface area contributed by atoms with Gasteiger partial charge in [0.25, 0.3) is 0 Å². The van der Waals surface area contributed by atoms with Gasteiger partial charge in [0.05, 0.1) is 12.2 Å². The van der Waals surface area contributed by atoms with Crippen LogP contribution in [0.2, 0.25) is 0 Å². The van der Waals surface area contributed by atoms with Crippen LogP contribution >= 0.6 is 0 Å². The highest BCUT2D eigenvalue weighted by Gasteiger charge is 2.30. The summed E-state index contributed by atoms with van der Waals surface area (Å²) in [5, 5.41) is 9.26. The SMILES string of the molecule is COCCN(c1cc(C(=O)O)cc(C(C)C)n1)C1CC1. The summed E-state index contributed by atoms with van der Waals surface area (Å²) in [6.07, 6.45) is 2.28. The molecule has 2 rings (SSSR count). The van der Waals surface area contributed by atoms with Crippen molar-refractivity contribution in [1.29, 1.82) is 0 Å². The summed E-state index contributed by atoms with van der Waals surface area (Å²) < 4.78 is 5.14. The van der Waals surface area contributed by atoms with Crippen molar-refractivity contribution in [2.24, 2.45) is 0 Å². The van der Waals surface area contributed by atoms with Crippen LogP contribution in [-0.2, 0) is 4.74 Å². The lowest BCUT2D eigenvalue weighted by Crippen LogP contribution is -2.30. The Labute approximate surface area is 119 Å². The number of carboxylic acids is 1. The first kappa shape index (κ1) is 14.8. The fraction of sp³-hybridized carbons (Fsp3) is 0.600. The zero-order chi connectivity index (χ0) is 14.7. The molecule has 1 saturated carbocycles. The summed E-state index contributed by atoms with van der Waals surface area (Å²) >= 11 is 0. The molecule has 5 nitrogen and oxygen atoms in total. The fourth-order valence-electron chi connectivity index (χ4n) is 2.16. The molecule has 0 aromatic carbocycles. The zero-order valence-corrected chi connectivity index (χ0v) is 12.3. The van der Waals surface area contributed by atoms with Gasteiger partial charge in [0.2, 0.25) is 0 Å². The molecule has 0 bridgehead atoms. The second kappa shape index (κ2) is 6.22. The number of carboxylic acid groups (broad SMARTS) is 1. The minimum atomic E-state index is -0.905. The van der Waals surface area contributed by atoms with E-state index in [1.165, 1.54) is 0 Å². The highest BCUT2D eigenvalue weighted by atomic mass is 16.5. The molecule has 0 unspecified atom stereocenters. The summed E-state index contributed by atoms with van der Waals surface area (Å²) in [5.41, 5.74) is 1.13. The molecule has 0 spiro atoms. The number of nitrogens with zero attached hydrogens (tertiary/aromatic N) is 2. The number of carbonyl (C=O) groups is 1. The number of ether oxygens (including phenoxy) is 1. The summed E-state index contributed by atoms with van der Waals surface area (Å²) in [6, 6.07) is 3.81. The maximum absolute atomic E-state index is 11.3. The van der Waals surface area contributed by atoms with Crippen LogP contribution in [0.4, 0.5) is 5.82 Å². The van der Waals surface area contributed by atoms with Crippen LogP contribution < -0.4 is 4.90 Å². The zero-order valence-electron chi connectivity index (χ0n) is 12.3. The van der Waals surface area contributed by atoms with Gasteiger partial charge in [0.1, 0.15) is 5.82 Å². The number of rotatable bonds is 7. The molecule has 5 heteroatoms. The smallest absolute Gasteiger partial charge is 0.335 e. The van der Waals surface area contributed by atoms with Gasteiger partial charge in [-0.2, -0.15) is 0 Å². The van der Waals surface area contributed by atoms with E-state index < -0.39 is 5.97 Å². The molecule has 0 radical (unpaired) electrons. The average molecular weight is 278 g/mol. The average Bonchev–Trinajstić information content (AvgIpc) is 3.23. The van der Waals surface area contributed by atoms with Gasteiger partial charge in [-0.05, 0) is 30.9 Å². The van der Waals surface area contributed by atoms with E-state index in [0.717, 1.165) is 30.9 Å². The summed E-state index contributed by atoms with van der Waals surface area (Å²) in [4.78, 5) is 18.1. The molecule has 0 aliphatic heterocycles. The second-order valence-corrected chi connectivity index (χ2v) is 5.52. The summed E-state index contributed by atoms with van der Waals surface area (Å²) in [7, 11) is 1.67. The van der Waals surface area contributed by atoms with Gasteiger partial charge in [-0.3, -0.25) is 0 Å². The van der Waals surface area contributed by atoms with Crippen LogP contribution in [0, 0.1) is 0 Å². The van der Waals surface area contributed by atoms with Gasteiger partial charge in [-0.15, -0.1) is 0 Å². The van der Waals surface area contributed by atoms with Crippen molar-refractivity contribution in [2.45, 2.75) is 38.6 Å². The van der Waals surface area contributed by atoms with Crippen LogP contribution in [-0.4, -0.2) is 42.4 Å². The minimum Gasteiger partial charge on any atom is -0.478 e. The number of aromatic nitrogens is 1. The molecule has 1 fully saturated rings. The third kappa shape index (κ3) is 3.48. The molecule has 1 aliphatic carbocycles.